The van der Waals surface area contributed by atoms with Crippen molar-refractivity contribution >= 4 is 24.0 Å². The molecule has 1 aromatic heterocycles. The smallest absolute Gasteiger partial charge is 0.242 e. The molecule has 0 unspecified atom stereocenters. The first kappa shape index (κ1) is 18.3. The van der Waals surface area contributed by atoms with Crippen LogP contribution >= 0.6 is 12.2 Å². The molecule has 0 fully saturated rings. The molecular formula is C14H25N5O2S. The van der Waals surface area contributed by atoms with Gasteiger partial charge in [0, 0.05) is 19.0 Å². The summed E-state index contributed by atoms with van der Waals surface area (Å²) in [5.74, 6) is 0.389. The van der Waals surface area contributed by atoms with Gasteiger partial charge in [-0.05, 0) is 39.4 Å². The molecule has 124 valence electrons. The van der Waals surface area contributed by atoms with Crippen molar-refractivity contribution in [2.75, 3.05) is 13.6 Å². The van der Waals surface area contributed by atoms with Gasteiger partial charge in [-0.25, -0.2) is 0 Å². The quantitative estimate of drug-likeness (QED) is 0.771. The van der Waals surface area contributed by atoms with Crippen LogP contribution in [0.3, 0.4) is 0 Å². The monoisotopic (exact) mass is 327 g/mol. The molecule has 1 aromatic rings. The van der Waals surface area contributed by atoms with Crippen LogP contribution in [0.2, 0.25) is 0 Å². The summed E-state index contributed by atoms with van der Waals surface area (Å²) in [6, 6.07) is 0. The lowest BCUT2D eigenvalue weighted by Crippen LogP contribution is -2.46. The molecule has 0 bridgehead atoms. The number of nitrogens with one attached hydrogen (secondary N) is 2. The van der Waals surface area contributed by atoms with Gasteiger partial charge >= 0.3 is 0 Å². The molecule has 22 heavy (non-hydrogen) atoms. The first-order valence-electron chi connectivity index (χ1n) is 7.33. The summed E-state index contributed by atoms with van der Waals surface area (Å²) < 4.78 is 2.10. The van der Waals surface area contributed by atoms with Crippen LogP contribution < -0.4 is 5.32 Å². The minimum Gasteiger partial charge on any atom is -0.350 e. The fourth-order valence-corrected chi connectivity index (χ4v) is 2.16. The van der Waals surface area contributed by atoms with Gasteiger partial charge in [-0.3, -0.25) is 19.3 Å². The molecule has 0 aromatic carbocycles. The second-order valence-corrected chi connectivity index (χ2v) is 6.72. The minimum absolute atomic E-state index is 0.0182. The fraction of sp³-hybridized carbons (Fsp3) is 0.714. The van der Waals surface area contributed by atoms with E-state index in [1.54, 1.807) is 11.6 Å². The van der Waals surface area contributed by atoms with Gasteiger partial charge in [-0.15, -0.1) is 0 Å². The van der Waals surface area contributed by atoms with Crippen LogP contribution in [-0.2, 0) is 22.6 Å². The lowest BCUT2D eigenvalue weighted by molar-refractivity contribution is -0.135. The Morgan fingerprint density at radius 3 is 2.59 bits per heavy atom. The molecule has 0 saturated heterocycles. The zero-order valence-corrected chi connectivity index (χ0v) is 14.7. The highest BCUT2D eigenvalue weighted by molar-refractivity contribution is 7.71. The lowest BCUT2D eigenvalue weighted by atomic mass is 10.1. The number of amides is 2. The van der Waals surface area contributed by atoms with E-state index in [1.807, 2.05) is 27.7 Å². The number of hydrogen-bond donors (Lipinski definition) is 2. The SMILES string of the molecule is CCCc1n[nH]c(=S)n1CC(=O)N(C)CC(=O)NC(C)(C)C. The number of aromatic nitrogens is 3. The predicted molar refractivity (Wildman–Crippen MR) is 86.9 cm³/mol. The molecule has 0 aliphatic carbocycles. The lowest BCUT2D eigenvalue weighted by Gasteiger charge is -2.23. The molecule has 8 heteroatoms. The minimum atomic E-state index is -0.317. The number of aromatic amines is 1. The van der Waals surface area contributed by atoms with Gasteiger partial charge in [0.25, 0.3) is 0 Å². The molecule has 0 spiro atoms. The van der Waals surface area contributed by atoms with Gasteiger partial charge in [-0.1, -0.05) is 6.92 Å². The van der Waals surface area contributed by atoms with Gasteiger partial charge in [0.15, 0.2) is 4.77 Å². The topological polar surface area (TPSA) is 83.0 Å². The Labute approximate surface area is 136 Å². The van der Waals surface area contributed by atoms with Crippen LogP contribution in [-0.4, -0.2) is 50.6 Å². The summed E-state index contributed by atoms with van der Waals surface area (Å²) in [6.07, 6.45) is 1.66. The van der Waals surface area contributed by atoms with Gasteiger partial charge < -0.3 is 10.2 Å². The van der Waals surface area contributed by atoms with Crippen LogP contribution in [0.5, 0.6) is 0 Å². The van der Waals surface area contributed by atoms with E-state index in [4.69, 9.17) is 12.2 Å². The maximum atomic E-state index is 12.3. The molecule has 0 aliphatic rings. The average molecular weight is 327 g/mol. The maximum absolute atomic E-state index is 12.3. The summed E-state index contributed by atoms with van der Waals surface area (Å²) in [7, 11) is 1.60. The Balaban J connectivity index is 2.67. The predicted octanol–water partition coefficient (Wildman–Crippen LogP) is 1.27. The number of likely N-dealkylation sites (N-methyl/N-ethyl adjacent to an activating group) is 1. The molecule has 1 rings (SSSR count). The van der Waals surface area contributed by atoms with E-state index < -0.39 is 0 Å². The van der Waals surface area contributed by atoms with Crippen molar-refractivity contribution in [1.82, 2.24) is 25.0 Å². The van der Waals surface area contributed by atoms with Gasteiger partial charge in [0.2, 0.25) is 11.8 Å². The Morgan fingerprint density at radius 1 is 1.41 bits per heavy atom. The standard InChI is InChI=1S/C14H25N5O2S/c1-6-7-10-16-17-13(22)19(10)9-12(21)18(5)8-11(20)15-14(2,3)4/h6-9H2,1-5H3,(H,15,20)(H,17,22). The third-order valence-corrected chi connectivity index (χ3v) is 3.24. The zero-order valence-electron chi connectivity index (χ0n) is 13.9. The first-order chi connectivity index (χ1) is 10.1. The van der Waals surface area contributed by atoms with Crippen molar-refractivity contribution in [3.05, 3.63) is 10.6 Å². The number of carbonyl (C=O) groups is 2. The van der Waals surface area contributed by atoms with E-state index >= 15 is 0 Å². The Kier molecular flexibility index (Phi) is 6.28. The van der Waals surface area contributed by atoms with E-state index in [2.05, 4.69) is 15.5 Å². The Bertz CT molecular complexity index is 585. The van der Waals surface area contributed by atoms with Crippen LogP contribution in [0, 0.1) is 4.77 Å². The number of H-pyrrole nitrogens is 1. The second kappa shape index (κ2) is 7.53. The van der Waals surface area contributed by atoms with E-state index in [0.717, 1.165) is 18.7 Å². The fourth-order valence-electron chi connectivity index (χ4n) is 1.95. The summed E-state index contributed by atoms with van der Waals surface area (Å²) in [4.78, 5) is 25.5. The van der Waals surface area contributed by atoms with Crippen molar-refractivity contribution in [1.29, 1.82) is 0 Å². The summed E-state index contributed by atoms with van der Waals surface area (Å²) in [6.45, 7) is 7.83. The van der Waals surface area contributed by atoms with Gasteiger partial charge in [-0.2, -0.15) is 5.10 Å². The molecule has 0 radical (unpaired) electrons. The van der Waals surface area contributed by atoms with Crippen molar-refractivity contribution in [3.63, 3.8) is 0 Å². The Morgan fingerprint density at radius 2 is 2.05 bits per heavy atom. The van der Waals surface area contributed by atoms with Crippen molar-refractivity contribution in [2.24, 2.45) is 0 Å². The largest absolute Gasteiger partial charge is 0.350 e. The van der Waals surface area contributed by atoms with Crippen LogP contribution in [0.25, 0.3) is 0 Å². The highest BCUT2D eigenvalue weighted by atomic mass is 32.1. The molecular weight excluding hydrogens is 302 g/mol. The molecule has 0 aliphatic heterocycles. The maximum Gasteiger partial charge on any atom is 0.242 e. The Hall–Kier alpha value is -1.70. The molecule has 0 saturated carbocycles. The van der Waals surface area contributed by atoms with E-state index in [0.29, 0.717) is 4.77 Å². The highest BCUT2D eigenvalue weighted by Gasteiger charge is 2.19. The third-order valence-electron chi connectivity index (χ3n) is 2.93. The van der Waals surface area contributed by atoms with Crippen molar-refractivity contribution < 1.29 is 9.59 Å². The number of hydrogen-bond acceptors (Lipinski definition) is 4. The summed E-state index contributed by atoms with van der Waals surface area (Å²) >= 11 is 5.15. The van der Waals surface area contributed by atoms with E-state index in [-0.39, 0.29) is 30.4 Å². The molecule has 2 amide bonds. The van der Waals surface area contributed by atoms with E-state index in [1.165, 1.54) is 4.90 Å². The number of rotatable bonds is 6. The van der Waals surface area contributed by atoms with Crippen molar-refractivity contribution in [2.45, 2.75) is 52.6 Å². The van der Waals surface area contributed by atoms with Crippen molar-refractivity contribution in [3.8, 4) is 0 Å². The van der Waals surface area contributed by atoms with Gasteiger partial charge in [0.05, 0.1) is 6.54 Å². The number of carbonyl (C=O) groups excluding carboxylic acids is 2. The normalized spacial score (nSPS) is 11.3. The number of nitrogens with zero attached hydrogens (tertiary/aromatic N) is 3. The molecule has 2 N–H and O–H groups in total. The summed E-state index contributed by atoms with van der Waals surface area (Å²) in [5.41, 5.74) is -0.317. The summed E-state index contributed by atoms with van der Waals surface area (Å²) in [5, 5.41) is 9.66. The van der Waals surface area contributed by atoms with Gasteiger partial charge in [0.1, 0.15) is 12.4 Å². The molecule has 7 nitrogen and oxygen atoms in total. The number of aryl methyl sites for hydroxylation is 1. The van der Waals surface area contributed by atoms with Crippen LogP contribution in [0.15, 0.2) is 0 Å². The zero-order chi connectivity index (χ0) is 16.9. The molecule has 0 atom stereocenters. The average Bonchev–Trinajstić information content (AvgIpc) is 2.69. The van der Waals surface area contributed by atoms with Crippen LogP contribution in [0.1, 0.15) is 39.9 Å². The van der Waals surface area contributed by atoms with Crippen LogP contribution in [0.4, 0.5) is 0 Å². The first-order valence-corrected chi connectivity index (χ1v) is 7.74. The second-order valence-electron chi connectivity index (χ2n) is 6.33. The van der Waals surface area contributed by atoms with E-state index in [9.17, 15) is 9.59 Å². The highest BCUT2D eigenvalue weighted by Crippen LogP contribution is 2.03. The third kappa shape index (κ3) is 5.59. The molecule has 1 heterocycles.